The van der Waals surface area contributed by atoms with Crippen molar-refractivity contribution >= 4 is 35.1 Å². The SMILES string of the molecule is Cc1c(Cl)cccc1N=Cc1cc(Cl)ccc1OCc1ccc(F)cc1. The Morgan fingerprint density at radius 3 is 2.58 bits per heavy atom. The number of rotatable bonds is 5. The highest BCUT2D eigenvalue weighted by Gasteiger charge is 2.05. The third-order valence-corrected chi connectivity index (χ3v) is 4.51. The maximum absolute atomic E-state index is 13.0. The van der Waals surface area contributed by atoms with Crippen molar-refractivity contribution in [3.63, 3.8) is 0 Å². The number of nitrogens with zero attached hydrogens (tertiary/aromatic N) is 1. The first-order valence-electron chi connectivity index (χ1n) is 7.99. The summed E-state index contributed by atoms with van der Waals surface area (Å²) in [6, 6.07) is 17.1. The van der Waals surface area contributed by atoms with E-state index in [4.69, 9.17) is 27.9 Å². The minimum Gasteiger partial charge on any atom is -0.488 e. The van der Waals surface area contributed by atoms with E-state index in [0.29, 0.717) is 22.4 Å². The standard InChI is InChI=1S/C21H16Cl2FNO/c1-14-19(23)3-2-4-20(14)25-12-16-11-17(22)7-10-21(16)26-13-15-5-8-18(24)9-6-15/h2-12H,13H2,1H3. The Morgan fingerprint density at radius 2 is 1.81 bits per heavy atom. The Morgan fingerprint density at radius 1 is 1.04 bits per heavy atom. The number of hydrogen-bond donors (Lipinski definition) is 0. The van der Waals surface area contributed by atoms with Gasteiger partial charge in [0.2, 0.25) is 0 Å². The van der Waals surface area contributed by atoms with Gasteiger partial charge in [0.05, 0.1) is 5.69 Å². The van der Waals surface area contributed by atoms with Gasteiger partial charge in [-0.25, -0.2) is 4.39 Å². The van der Waals surface area contributed by atoms with Gasteiger partial charge in [-0.1, -0.05) is 41.4 Å². The second-order valence-corrected chi connectivity index (χ2v) is 6.58. The van der Waals surface area contributed by atoms with Crippen LogP contribution < -0.4 is 4.74 Å². The Balaban J connectivity index is 1.82. The number of benzene rings is 3. The zero-order valence-corrected chi connectivity index (χ0v) is 15.6. The van der Waals surface area contributed by atoms with Gasteiger partial charge in [0.1, 0.15) is 18.2 Å². The fourth-order valence-corrected chi connectivity index (χ4v) is 2.72. The molecule has 0 heterocycles. The zero-order valence-electron chi connectivity index (χ0n) is 14.0. The van der Waals surface area contributed by atoms with Gasteiger partial charge in [0.25, 0.3) is 0 Å². The van der Waals surface area contributed by atoms with E-state index in [1.807, 2.05) is 25.1 Å². The normalized spacial score (nSPS) is 11.1. The van der Waals surface area contributed by atoms with E-state index >= 15 is 0 Å². The Bertz CT molecular complexity index is 939. The van der Waals surface area contributed by atoms with Crippen molar-refractivity contribution in [2.45, 2.75) is 13.5 Å². The molecular formula is C21H16Cl2FNO. The quantitative estimate of drug-likeness (QED) is 0.442. The summed E-state index contributed by atoms with van der Waals surface area (Å²) in [7, 11) is 0. The minimum absolute atomic E-state index is 0.273. The first kappa shape index (κ1) is 18.4. The van der Waals surface area contributed by atoms with Crippen molar-refractivity contribution in [3.05, 3.63) is 93.2 Å². The molecule has 0 unspecified atom stereocenters. The molecule has 0 saturated carbocycles. The minimum atomic E-state index is -0.273. The summed E-state index contributed by atoms with van der Waals surface area (Å²) in [5.41, 5.74) is 3.30. The van der Waals surface area contributed by atoms with E-state index in [0.717, 1.165) is 22.4 Å². The lowest BCUT2D eigenvalue weighted by Gasteiger charge is -2.10. The number of halogens is 3. The lowest BCUT2D eigenvalue weighted by molar-refractivity contribution is 0.305. The maximum Gasteiger partial charge on any atom is 0.128 e. The average molecular weight is 388 g/mol. The van der Waals surface area contributed by atoms with Gasteiger partial charge >= 0.3 is 0 Å². The largest absolute Gasteiger partial charge is 0.488 e. The fraction of sp³-hybridized carbons (Fsp3) is 0.0952. The molecule has 5 heteroatoms. The summed E-state index contributed by atoms with van der Waals surface area (Å²) < 4.78 is 18.9. The van der Waals surface area contributed by atoms with Crippen molar-refractivity contribution in [2.75, 3.05) is 0 Å². The predicted octanol–water partition coefficient (Wildman–Crippen LogP) is 6.77. The molecule has 132 valence electrons. The van der Waals surface area contributed by atoms with Crippen LogP contribution in [0.3, 0.4) is 0 Å². The van der Waals surface area contributed by atoms with Crippen LogP contribution in [0.2, 0.25) is 10.0 Å². The molecule has 0 aliphatic heterocycles. The number of hydrogen-bond acceptors (Lipinski definition) is 2. The highest BCUT2D eigenvalue weighted by molar-refractivity contribution is 6.31. The molecule has 0 radical (unpaired) electrons. The fourth-order valence-electron chi connectivity index (χ4n) is 2.37. The van der Waals surface area contributed by atoms with Crippen LogP contribution in [-0.4, -0.2) is 6.21 Å². The van der Waals surface area contributed by atoms with Crippen LogP contribution in [0.5, 0.6) is 5.75 Å². The highest BCUT2D eigenvalue weighted by Crippen LogP contribution is 2.27. The monoisotopic (exact) mass is 387 g/mol. The number of aliphatic imine (C=N–C) groups is 1. The summed E-state index contributed by atoms with van der Waals surface area (Å²) in [6.45, 7) is 2.23. The summed E-state index contributed by atoms with van der Waals surface area (Å²) in [4.78, 5) is 4.51. The molecule has 0 aromatic heterocycles. The van der Waals surface area contributed by atoms with E-state index in [9.17, 15) is 4.39 Å². The molecule has 0 saturated heterocycles. The third kappa shape index (κ3) is 4.63. The highest BCUT2D eigenvalue weighted by atomic mass is 35.5. The predicted molar refractivity (Wildman–Crippen MR) is 106 cm³/mol. The summed E-state index contributed by atoms with van der Waals surface area (Å²) in [5, 5.41) is 1.25. The summed E-state index contributed by atoms with van der Waals surface area (Å²) in [5.74, 6) is 0.368. The van der Waals surface area contributed by atoms with Gasteiger partial charge in [0, 0.05) is 21.8 Å². The second kappa shape index (κ2) is 8.35. The molecule has 3 aromatic rings. The van der Waals surface area contributed by atoms with Crippen LogP contribution in [0.15, 0.2) is 65.7 Å². The van der Waals surface area contributed by atoms with Crippen LogP contribution in [0.1, 0.15) is 16.7 Å². The Labute approximate surface area is 161 Å². The van der Waals surface area contributed by atoms with E-state index in [1.54, 1.807) is 36.5 Å². The first-order chi connectivity index (χ1) is 12.5. The van der Waals surface area contributed by atoms with E-state index < -0.39 is 0 Å². The molecule has 0 aliphatic carbocycles. The molecule has 26 heavy (non-hydrogen) atoms. The molecule has 0 fully saturated rings. The molecule has 3 rings (SSSR count). The molecule has 2 nitrogen and oxygen atoms in total. The molecule has 3 aromatic carbocycles. The van der Waals surface area contributed by atoms with Crippen LogP contribution in [0.25, 0.3) is 0 Å². The van der Waals surface area contributed by atoms with Crippen molar-refractivity contribution in [3.8, 4) is 5.75 Å². The smallest absolute Gasteiger partial charge is 0.128 e. The molecule has 0 spiro atoms. The van der Waals surface area contributed by atoms with Crippen LogP contribution in [0.4, 0.5) is 10.1 Å². The van der Waals surface area contributed by atoms with E-state index in [1.165, 1.54) is 12.1 Å². The lowest BCUT2D eigenvalue weighted by Crippen LogP contribution is -1.98. The average Bonchev–Trinajstić information content (AvgIpc) is 2.63. The summed E-state index contributed by atoms with van der Waals surface area (Å²) in [6.07, 6.45) is 1.70. The van der Waals surface area contributed by atoms with E-state index in [2.05, 4.69) is 4.99 Å². The van der Waals surface area contributed by atoms with E-state index in [-0.39, 0.29) is 5.82 Å². The molecule has 0 amide bonds. The van der Waals surface area contributed by atoms with Crippen molar-refractivity contribution in [1.82, 2.24) is 0 Å². The van der Waals surface area contributed by atoms with Gasteiger partial charge in [-0.3, -0.25) is 4.99 Å². The van der Waals surface area contributed by atoms with Gasteiger partial charge in [0.15, 0.2) is 0 Å². The van der Waals surface area contributed by atoms with Gasteiger partial charge in [-0.2, -0.15) is 0 Å². The van der Waals surface area contributed by atoms with Gasteiger partial charge in [-0.05, 0) is 60.5 Å². The van der Waals surface area contributed by atoms with Crippen LogP contribution in [0, 0.1) is 12.7 Å². The first-order valence-corrected chi connectivity index (χ1v) is 8.74. The summed E-state index contributed by atoms with van der Waals surface area (Å²) >= 11 is 12.2. The zero-order chi connectivity index (χ0) is 18.5. The van der Waals surface area contributed by atoms with Crippen molar-refractivity contribution in [2.24, 2.45) is 4.99 Å². The van der Waals surface area contributed by atoms with Gasteiger partial charge in [-0.15, -0.1) is 0 Å². The molecular weight excluding hydrogens is 372 g/mol. The maximum atomic E-state index is 13.0. The Kier molecular flexibility index (Phi) is 5.92. The van der Waals surface area contributed by atoms with Crippen LogP contribution in [-0.2, 0) is 6.61 Å². The topological polar surface area (TPSA) is 21.6 Å². The molecule has 0 aliphatic rings. The Hall–Kier alpha value is -2.36. The number of ether oxygens (including phenoxy) is 1. The lowest BCUT2D eigenvalue weighted by atomic mass is 10.2. The molecule has 0 atom stereocenters. The second-order valence-electron chi connectivity index (χ2n) is 5.74. The van der Waals surface area contributed by atoms with Gasteiger partial charge < -0.3 is 4.74 Å². The van der Waals surface area contributed by atoms with Crippen LogP contribution >= 0.6 is 23.2 Å². The molecule has 0 N–H and O–H groups in total. The third-order valence-electron chi connectivity index (χ3n) is 3.86. The van der Waals surface area contributed by atoms with Crippen molar-refractivity contribution < 1.29 is 9.13 Å². The molecule has 0 bridgehead atoms. The van der Waals surface area contributed by atoms with Crippen molar-refractivity contribution in [1.29, 1.82) is 0 Å².